The predicted octanol–water partition coefficient (Wildman–Crippen LogP) is 1.91. The third-order valence-corrected chi connectivity index (χ3v) is 1.99. The van der Waals surface area contributed by atoms with Crippen molar-refractivity contribution in [1.29, 1.82) is 0 Å². The van der Waals surface area contributed by atoms with Crippen molar-refractivity contribution in [2.24, 2.45) is 4.99 Å². The first-order valence-electron chi connectivity index (χ1n) is 4.01. The van der Waals surface area contributed by atoms with Gasteiger partial charge >= 0.3 is 0 Å². The molecule has 0 aliphatic carbocycles. The van der Waals surface area contributed by atoms with E-state index >= 15 is 0 Å². The van der Waals surface area contributed by atoms with E-state index in [9.17, 15) is 10.2 Å². The summed E-state index contributed by atoms with van der Waals surface area (Å²) in [5.74, 6) is 0.188. The molecule has 0 spiro atoms. The molecule has 13 heavy (non-hydrogen) atoms. The van der Waals surface area contributed by atoms with Crippen LogP contribution in [-0.2, 0) is 0 Å². The lowest BCUT2D eigenvalue weighted by Gasteiger charge is -2.06. The predicted molar refractivity (Wildman–Crippen MR) is 50.9 cm³/mol. The second kappa shape index (κ2) is 2.94. The summed E-state index contributed by atoms with van der Waals surface area (Å²) in [6.45, 7) is 0. The molecule has 0 saturated heterocycles. The fourth-order valence-electron chi connectivity index (χ4n) is 1.37. The number of phenols is 2. The third-order valence-electron chi connectivity index (χ3n) is 1.99. The Bertz CT molecular complexity index is 374. The van der Waals surface area contributed by atoms with E-state index in [1.807, 2.05) is 0 Å². The number of nitrogens with zero attached hydrogens (tertiary/aromatic N) is 1. The highest BCUT2D eigenvalue weighted by Crippen LogP contribution is 2.35. The molecule has 0 atom stereocenters. The molecule has 1 aromatic carbocycles. The van der Waals surface area contributed by atoms with Crippen LogP contribution < -0.4 is 0 Å². The number of benzene rings is 1. The minimum absolute atomic E-state index is 0.0942. The molecule has 0 radical (unpaired) electrons. The molecule has 3 nitrogen and oxygen atoms in total. The Morgan fingerprint density at radius 2 is 1.85 bits per heavy atom. The van der Waals surface area contributed by atoms with Crippen molar-refractivity contribution in [3.05, 3.63) is 30.0 Å². The van der Waals surface area contributed by atoms with Crippen LogP contribution in [0, 0.1) is 0 Å². The standard InChI is InChI=1S/C10H9NO2/c12-8-2-1-3-9(13)10(8)7-4-5-11-6-7/h1-3,5-6,12-13H,4H2. The summed E-state index contributed by atoms with van der Waals surface area (Å²) in [6, 6.07) is 4.70. The molecule has 2 N–H and O–H groups in total. The maximum Gasteiger partial charge on any atom is 0.126 e. The largest absolute Gasteiger partial charge is 0.507 e. The van der Waals surface area contributed by atoms with Crippen LogP contribution in [-0.4, -0.2) is 16.4 Å². The van der Waals surface area contributed by atoms with E-state index in [0.29, 0.717) is 12.0 Å². The van der Waals surface area contributed by atoms with Gasteiger partial charge in [0, 0.05) is 18.8 Å². The van der Waals surface area contributed by atoms with Crippen molar-refractivity contribution < 1.29 is 10.2 Å². The third kappa shape index (κ3) is 1.28. The van der Waals surface area contributed by atoms with Gasteiger partial charge in [-0.25, -0.2) is 0 Å². The molecule has 0 fully saturated rings. The highest BCUT2D eigenvalue weighted by molar-refractivity contribution is 5.87. The number of aliphatic imine (C=N–C) groups is 1. The zero-order valence-corrected chi connectivity index (χ0v) is 6.94. The molecule has 0 aromatic heterocycles. The molecule has 3 heteroatoms. The van der Waals surface area contributed by atoms with E-state index < -0.39 is 0 Å². The zero-order chi connectivity index (χ0) is 9.26. The molecule has 1 aliphatic rings. The summed E-state index contributed by atoms with van der Waals surface area (Å²) in [6.07, 6.45) is 4.04. The van der Waals surface area contributed by atoms with Crippen LogP contribution in [0.25, 0.3) is 5.57 Å². The number of hydrogen-bond acceptors (Lipinski definition) is 3. The first-order valence-corrected chi connectivity index (χ1v) is 4.01. The van der Waals surface area contributed by atoms with Crippen molar-refractivity contribution in [3.8, 4) is 11.5 Å². The summed E-state index contributed by atoms with van der Waals surface area (Å²) in [5, 5.41) is 19.0. The van der Waals surface area contributed by atoms with Crippen LogP contribution in [0.5, 0.6) is 11.5 Å². The molecule has 0 unspecified atom stereocenters. The molecule has 1 aliphatic heterocycles. The smallest absolute Gasteiger partial charge is 0.126 e. The Balaban J connectivity index is 2.50. The molecule has 0 saturated carbocycles. The average molecular weight is 175 g/mol. The number of hydrogen-bond donors (Lipinski definition) is 2. The monoisotopic (exact) mass is 175 g/mol. The van der Waals surface area contributed by atoms with Gasteiger partial charge in [-0.3, -0.25) is 4.99 Å². The van der Waals surface area contributed by atoms with E-state index in [4.69, 9.17) is 0 Å². The lowest BCUT2D eigenvalue weighted by molar-refractivity contribution is 0.447. The topological polar surface area (TPSA) is 52.8 Å². The normalized spacial score (nSPS) is 14.6. The van der Waals surface area contributed by atoms with E-state index in [-0.39, 0.29) is 11.5 Å². The van der Waals surface area contributed by atoms with Crippen LogP contribution in [0.3, 0.4) is 0 Å². The molecular weight excluding hydrogens is 166 g/mol. The maximum absolute atomic E-state index is 9.50. The van der Waals surface area contributed by atoms with Crippen molar-refractivity contribution >= 4 is 11.8 Å². The van der Waals surface area contributed by atoms with E-state index in [2.05, 4.69) is 4.99 Å². The van der Waals surface area contributed by atoms with Gasteiger partial charge in [0.15, 0.2) is 0 Å². The zero-order valence-electron chi connectivity index (χ0n) is 6.94. The first-order chi connectivity index (χ1) is 6.29. The molecule has 0 bridgehead atoms. The molecular formula is C10H9NO2. The lowest BCUT2D eigenvalue weighted by atomic mass is 10.0. The van der Waals surface area contributed by atoms with Crippen molar-refractivity contribution in [2.45, 2.75) is 6.42 Å². The molecule has 2 rings (SSSR count). The van der Waals surface area contributed by atoms with Gasteiger partial charge in [-0.2, -0.15) is 0 Å². The summed E-state index contributed by atoms with van der Waals surface area (Å²) >= 11 is 0. The number of allylic oxidation sites excluding steroid dienone is 1. The Labute approximate surface area is 75.7 Å². The van der Waals surface area contributed by atoms with Crippen molar-refractivity contribution in [2.75, 3.05) is 0 Å². The van der Waals surface area contributed by atoms with Gasteiger partial charge < -0.3 is 10.2 Å². The van der Waals surface area contributed by atoms with Gasteiger partial charge in [0.05, 0.1) is 5.56 Å². The second-order valence-corrected chi connectivity index (χ2v) is 2.86. The van der Waals surface area contributed by atoms with Crippen LogP contribution in [0.15, 0.2) is 29.4 Å². The SMILES string of the molecule is Oc1cccc(O)c1C1=CN=CC1. The van der Waals surface area contributed by atoms with Crippen LogP contribution in [0.4, 0.5) is 0 Å². The second-order valence-electron chi connectivity index (χ2n) is 2.86. The van der Waals surface area contributed by atoms with Gasteiger partial charge in [0.25, 0.3) is 0 Å². The van der Waals surface area contributed by atoms with Crippen LogP contribution in [0.1, 0.15) is 12.0 Å². The van der Waals surface area contributed by atoms with Crippen molar-refractivity contribution in [1.82, 2.24) is 0 Å². The van der Waals surface area contributed by atoms with Gasteiger partial charge in [-0.05, 0) is 17.7 Å². The minimum atomic E-state index is 0.0942. The molecule has 1 aromatic rings. The van der Waals surface area contributed by atoms with Gasteiger partial charge in [-0.1, -0.05) is 6.07 Å². The van der Waals surface area contributed by atoms with Crippen LogP contribution in [0.2, 0.25) is 0 Å². The molecule has 66 valence electrons. The summed E-state index contributed by atoms with van der Waals surface area (Å²) in [7, 11) is 0. The average Bonchev–Trinajstić information content (AvgIpc) is 2.57. The Hall–Kier alpha value is -1.77. The highest BCUT2D eigenvalue weighted by atomic mass is 16.3. The number of rotatable bonds is 1. The van der Waals surface area contributed by atoms with Crippen LogP contribution >= 0.6 is 0 Å². The quantitative estimate of drug-likeness (QED) is 0.685. The Morgan fingerprint density at radius 1 is 1.15 bits per heavy atom. The highest BCUT2D eigenvalue weighted by Gasteiger charge is 2.12. The van der Waals surface area contributed by atoms with Crippen molar-refractivity contribution in [3.63, 3.8) is 0 Å². The fraction of sp³-hybridized carbons (Fsp3) is 0.100. The fourth-order valence-corrected chi connectivity index (χ4v) is 1.37. The van der Waals surface area contributed by atoms with Gasteiger partial charge in [-0.15, -0.1) is 0 Å². The lowest BCUT2D eigenvalue weighted by Crippen LogP contribution is -1.84. The molecule has 0 amide bonds. The summed E-state index contributed by atoms with van der Waals surface area (Å²) < 4.78 is 0. The number of phenolic OH excluding ortho intramolecular Hbond substituents is 2. The summed E-state index contributed by atoms with van der Waals surface area (Å²) in [4.78, 5) is 3.91. The molecule has 1 heterocycles. The van der Waals surface area contributed by atoms with E-state index in [0.717, 1.165) is 5.57 Å². The number of aromatic hydroxyl groups is 2. The minimum Gasteiger partial charge on any atom is -0.507 e. The van der Waals surface area contributed by atoms with E-state index in [1.54, 1.807) is 30.6 Å². The Kier molecular flexibility index (Phi) is 1.77. The van der Waals surface area contributed by atoms with Gasteiger partial charge in [0.1, 0.15) is 11.5 Å². The van der Waals surface area contributed by atoms with E-state index in [1.165, 1.54) is 0 Å². The maximum atomic E-state index is 9.50. The Morgan fingerprint density at radius 3 is 2.38 bits per heavy atom. The summed E-state index contributed by atoms with van der Waals surface area (Å²) in [5.41, 5.74) is 1.33. The first kappa shape index (κ1) is 7.86. The van der Waals surface area contributed by atoms with Gasteiger partial charge in [0.2, 0.25) is 0 Å².